The van der Waals surface area contributed by atoms with E-state index in [9.17, 15) is 0 Å². The fourth-order valence-corrected chi connectivity index (χ4v) is 0.864. The molecular weight excluding hydrogens is 184 g/mol. The minimum absolute atomic E-state index is 0.0377. The summed E-state index contributed by atoms with van der Waals surface area (Å²) in [6.45, 7) is 5.83. The lowest BCUT2D eigenvalue weighted by Gasteiger charge is -1.97. The Labute approximate surface area is 83.6 Å². The Hall–Kier alpha value is -0.890. The normalized spacial score (nSPS) is 13.5. The molecular formula is C10H12ClN2. The van der Waals surface area contributed by atoms with E-state index in [-0.39, 0.29) is 6.04 Å². The third kappa shape index (κ3) is 3.55. The smallest absolute Gasteiger partial charge is 0.0853 e. The van der Waals surface area contributed by atoms with E-state index >= 15 is 0 Å². The lowest BCUT2D eigenvalue weighted by molar-refractivity contribution is 0.738. The van der Waals surface area contributed by atoms with Crippen molar-refractivity contribution in [3.05, 3.63) is 36.2 Å². The third-order valence-electron chi connectivity index (χ3n) is 1.63. The molecule has 1 aromatic rings. The summed E-state index contributed by atoms with van der Waals surface area (Å²) in [4.78, 5) is 0. The molecule has 1 unspecified atom stereocenters. The second-order valence-electron chi connectivity index (χ2n) is 2.75. The van der Waals surface area contributed by atoms with Gasteiger partial charge < -0.3 is 0 Å². The van der Waals surface area contributed by atoms with Gasteiger partial charge in [-0.3, -0.25) is 0 Å². The van der Waals surface area contributed by atoms with Crippen LogP contribution in [0.25, 0.3) is 0 Å². The average molecular weight is 196 g/mol. The van der Waals surface area contributed by atoms with Gasteiger partial charge in [0.05, 0.1) is 11.7 Å². The number of rotatable bonds is 3. The average Bonchev–Trinajstić information content (AvgIpc) is 2.16. The molecule has 0 aliphatic carbocycles. The summed E-state index contributed by atoms with van der Waals surface area (Å²) in [5.41, 5.74) is 0.812. The predicted molar refractivity (Wildman–Crippen MR) is 55.4 cm³/mol. The van der Waals surface area contributed by atoms with E-state index in [0.29, 0.717) is 5.02 Å². The second-order valence-corrected chi connectivity index (χ2v) is 3.19. The number of hydrogen-bond acceptors (Lipinski definition) is 2. The Balaban J connectivity index is 2.64. The zero-order valence-corrected chi connectivity index (χ0v) is 8.33. The van der Waals surface area contributed by atoms with Crippen LogP contribution in [0.15, 0.2) is 34.5 Å². The second kappa shape index (κ2) is 4.97. The van der Waals surface area contributed by atoms with E-state index in [1.807, 2.05) is 19.1 Å². The van der Waals surface area contributed by atoms with Gasteiger partial charge >= 0.3 is 0 Å². The molecule has 1 rings (SSSR count). The number of azo groups is 1. The molecule has 0 bridgehead atoms. The summed E-state index contributed by atoms with van der Waals surface area (Å²) in [5, 5.41) is 8.74. The van der Waals surface area contributed by atoms with Crippen LogP contribution in [0.3, 0.4) is 0 Å². The van der Waals surface area contributed by atoms with Gasteiger partial charge in [0.2, 0.25) is 0 Å². The van der Waals surface area contributed by atoms with Crippen molar-refractivity contribution >= 4 is 17.3 Å². The maximum absolute atomic E-state index is 5.72. The fourth-order valence-electron chi connectivity index (χ4n) is 0.738. The molecule has 3 heteroatoms. The topological polar surface area (TPSA) is 24.7 Å². The summed E-state index contributed by atoms with van der Waals surface area (Å²) < 4.78 is 0. The Kier molecular flexibility index (Phi) is 3.90. The van der Waals surface area contributed by atoms with Gasteiger partial charge in [0.15, 0.2) is 0 Å². The van der Waals surface area contributed by atoms with Gasteiger partial charge in [-0.1, -0.05) is 18.5 Å². The van der Waals surface area contributed by atoms with Crippen LogP contribution in [-0.4, -0.2) is 6.04 Å². The van der Waals surface area contributed by atoms with Gasteiger partial charge in [-0.25, -0.2) is 0 Å². The Bertz CT molecular complexity index is 279. The van der Waals surface area contributed by atoms with Crippen molar-refractivity contribution in [2.24, 2.45) is 10.2 Å². The molecule has 0 saturated heterocycles. The SMILES string of the molecule is [CH2]C(CC)N=Nc1ccc(Cl)cc1. The van der Waals surface area contributed by atoms with Crippen molar-refractivity contribution in [3.8, 4) is 0 Å². The van der Waals surface area contributed by atoms with Crippen molar-refractivity contribution in [3.63, 3.8) is 0 Å². The minimum Gasteiger partial charge on any atom is -0.185 e. The minimum atomic E-state index is 0.0377. The highest BCUT2D eigenvalue weighted by Gasteiger charge is 1.93. The third-order valence-corrected chi connectivity index (χ3v) is 1.89. The molecule has 0 aliphatic rings. The first-order valence-electron chi connectivity index (χ1n) is 4.22. The molecule has 0 N–H and O–H groups in total. The summed E-state index contributed by atoms with van der Waals surface area (Å²) in [6.07, 6.45) is 0.900. The highest BCUT2D eigenvalue weighted by atomic mass is 35.5. The first-order chi connectivity index (χ1) is 6.22. The molecule has 0 spiro atoms. The Morgan fingerprint density at radius 3 is 2.54 bits per heavy atom. The maximum atomic E-state index is 5.72. The lowest BCUT2D eigenvalue weighted by Crippen LogP contribution is -1.91. The highest BCUT2D eigenvalue weighted by molar-refractivity contribution is 6.30. The summed E-state index contributed by atoms with van der Waals surface area (Å²) in [5.74, 6) is 0. The van der Waals surface area contributed by atoms with Crippen LogP contribution < -0.4 is 0 Å². The lowest BCUT2D eigenvalue weighted by atomic mass is 10.3. The quantitative estimate of drug-likeness (QED) is 0.651. The van der Waals surface area contributed by atoms with Crippen LogP contribution in [0.5, 0.6) is 0 Å². The summed E-state index contributed by atoms with van der Waals surface area (Å²) >= 11 is 5.72. The summed E-state index contributed by atoms with van der Waals surface area (Å²) in [6, 6.07) is 7.28. The van der Waals surface area contributed by atoms with E-state index in [4.69, 9.17) is 11.6 Å². The first kappa shape index (κ1) is 10.2. The number of halogens is 1. The molecule has 0 amide bonds. The highest BCUT2D eigenvalue weighted by Crippen LogP contribution is 2.17. The monoisotopic (exact) mass is 195 g/mol. The Morgan fingerprint density at radius 1 is 1.38 bits per heavy atom. The van der Waals surface area contributed by atoms with Crippen LogP contribution in [0, 0.1) is 6.92 Å². The maximum Gasteiger partial charge on any atom is 0.0853 e. The fraction of sp³-hybridized carbons (Fsp3) is 0.300. The molecule has 1 atom stereocenters. The van der Waals surface area contributed by atoms with Crippen molar-refractivity contribution in [2.75, 3.05) is 0 Å². The van der Waals surface area contributed by atoms with Crippen LogP contribution in [0.2, 0.25) is 5.02 Å². The van der Waals surface area contributed by atoms with Gasteiger partial charge in [-0.2, -0.15) is 10.2 Å². The molecule has 0 fully saturated rings. The zero-order valence-electron chi connectivity index (χ0n) is 7.57. The van der Waals surface area contributed by atoms with Crippen LogP contribution in [0.4, 0.5) is 5.69 Å². The zero-order chi connectivity index (χ0) is 9.68. The van der Waals surface area contributed by atoms with Crippen molar-refractivity contribution in [2.45, 2.75) is 19.4 Å². The molecule has 1 aromatic carbocycles. The molecule has 0 aliphatic heterocycles. The van der Waals surface area contributed by atoms with Gasteiger partial charge in [0.25, 0.3) is 0 Å². The van der Waals surface area contributed by atoms with Crippen LogP contribution in [0.1, 0.15) is 13.3 Å². The molecule has 0 saturated carbocycles. The van der Waals surface area contributed by atoms with Crippen molar-refractivity contribution in [1.82, 2.24) is 0 Å². The molecule has 0 heterocycles. The summed E-state index contributed by atoms with van der Waals surface area (Å²) in [7, 11) is 0. The molecule has 1 radical (unpaired) electrons. The van der Waals surface area contributed by atoms with E-state index in [2.05, 4.69) is 17.2 Å². The van der Waals surface area contributed by atoms with Crippen LogP contribution >= 0.6 is 11.6 Å². The van der Waals surface area contributed by atoms with Gasteiger partial charge in [-0.15, -0.1) is 0 Å². The molecule has 13 heavy (non-hydrogen) atoms. The van der Waals surface area contributed by atoms with E-state index in [0.717, 1.165) is 12.1 Å². The molecule has 69 valence electrons. The van der Waals surface area contributed by atoms with Crippen molar-refractivity contribution < 1.29 is 0 Å². The van der Waals surface area contributed by atoms with E-state index in [1.165, 1.54) is 0 Å². The van der Waals surface area contributed by atoms with Crippen molar-refractivity contribution in [1.29, 1.82) is 0 Å². The van der Waals surface area contributed by atoms with E-state index < -0.39 is 0 Å². The van der Waals surface area contributed by atoms with Gasteiger partial charge in [-0.05, 0) is 37.6 Å². The standard InChI is InChI=1S/C10H12ClN2/c1-3-8(2)12-13-10-6-4-9(11)5-7-10/h4-8H,2-3H2,1H3. The number of benzene rings is 1. The van der Waals surface area contributed by atoms with Gasteiger partial charge in [0, 0.05) is 5.02 Å². The first-order valence-corrected chi connectivity index (χ1v) is 4.59. The van der Waals surface area contributed by atoms with Gasteiger partial charge in [0.1, 0.15) is 0 Å². The molecule has 2 nitrogen and oxygen atoms in total. The van der Waals surface area contributed by atoms with Crippen LogP contribution in [-0.2, 0) is 0 Å². The van der Waals surface area contributed by atoms with E-state index in [1.54, 1.807) is 12.1 Å². The largest absolute Gasteiger partial charge is 0.185 e. The molecule has 0 aromatic heterocycles. The number of nitrogens with zero attached hydrogens (tertiary/aromatic N) is 2. The Morgan fingerprint density at radius 2 is 2.00 bits per heavy atom. The number of hydrogen-bond donors (Lipinski definition) is 0. The predicted octanol–water partition coefficient (Wildman–Crippen LogP) is 4.04.